The van der Waals surface area contributed by atoms with Gasteiger partial charge in [-0.05, 0) is 57.5 Å². The van der Waals surface area contributed by atoms with E-state index in [0.29, 0.717) is 6.10 Å². The second-order valence-electron chi connectivity index (χ2n) is 6.49. The molecule has 0 bridgehead atoms. The summed E-state index contributed by atoms with van der Waals surface area (Å²) >= 11 is 0. The maximum atomic E-state index is 5.95. The third-order valence-corrected chi connectivity index (χ3v) is 4.83. The Kier molecular flexibility index (Phi) is 5.15. The molecule has 1 aromatic rings. The molecular weight excluding hydrogens is 260 g/mol. The smallest absolute Gasteiger partial charge is 0.123 e. The van der Waals surface area contributed by atoms with Crippen LogP contribution in [-0.4, -0.2) is 43.2 Å². The average Bonchev–Trinajstić information content (AvgIpc) is 2.91. The lowest BCUT2D eigenvalue weighted by Gasteiger charge is -2.33. The van der Waals surface area contributed by atoms with Crippen LogP contribution >= 0.6 is 0 Å². The summed E-state index contributed by atoms with van der Waals surface area (Å²) in [6.45, 7) is 6.96. The van der Waals surface area contributed by atoms with E-state index in [9.17, 15) is 0 Å². The zero-order valence-electron chi connectivity index (χ0n) is 13.2. The molecule has 0 spiro atoms. The SMILES string of the molecule is CC1CCCCN1CCCNCC1Cc2ccccc2O1. The van der Waals surface area contributed by atoms with Crippen LogP contribution in [0.3, 0.4) is 0 Å². The van der Waals surface area contributed by atoms with E-state index in [1.165, 1.54) is 44.3 Å². The zero-order chi connectivity index (χ0) is 14.5. The highest BCUT2D eigenvalue weighted by Gasteiger charge is 2.21. The summed E-state index contributed by atoms with van der Waals surface area (Å²) in [6.07, 6.45) is 6.77. The fraction of sp³-hybridized carbons (Fsp3) is 0.667. The van der Waals surface area contributed by atoms with Gasteiger partial charge in [0.1, 0.15) is 11.9 Å². The number of nitrogens with one attached hydrogen (secondary N) is 1. The van der Waals surface area contributed by atoms with Crippen molar-refractivity contribution in [3.8, 4) is 5.75 Å². The number of fused-ring (bicyclic) bond motifs is 1. The lowest BCUT2D eigenvalue weighted by atomic mass is 10.0. The Bertz CT molecular complexity index is 424. The van der Waals surface area contributed by atoms with Gasteiger partial charge < -0.3 is 15.0 Å². The monoisotopic (exact) mass is 288 g/mol. The molecule has 116 valence electrons. The Labute approximate surface area is 128 Å². The molecule has 1 saturated heterocycles. The zero-order valence-corrected chi connectivity index (χ0v) is 13.2. The summed E-state index contributed by atoms with van der Waals surface area (Å²) in [7, 11) is 0. The summed E-state index contributed by atoms with van der Waals surface area (Å²) in [4.78, 5) is 2.65. The number of hydrogen-bond donors (Lipinski definition) is 1. The van der Waals surface area contributed by atoms with E-state index >= 15 is 0 Å². The Morgan fingerprint density at radius 3 is 3.05 bits per heavy atom. The molecule has 2 heterocycles. The summed E-state index contributed by atoms with van der Waals surface area (Å²) in [5.74, 6) is 1.08. The van der Waals surface area contributed by atoms with Crippen LogP contribution in [0.15, 0.2) is 24.3 Å². The first kappa shape index (κ1) is 14.9. The van der Waals surface area contributed by atoms with Crippen LogP contribution in [-0.2, 0) is 6.42 Å². The summed E-state index contributed by atoms with van der Waals surface area (Å²) in [6, 6.07) is 9.18. The highest BCUT2D eigenvalue weighted by Crippen LogP contribution is 2.27. The van der Waals surface area contributed by atoms with Crippen molar-refractivity contribution in [1.29, 1.82) is 0 Å². The van der Waals surface area contributed by atoms with Crippen LogP contribution in [0.4, 0.5) is 0 Å². The molecule has 2 aliphatic heterocycles. The van der Waals surface area contributed by atoms with E-state index in [1.54, 1.807) is 0 Å². The lowest BCUT2D eigenvalue weighted by Crippen LogP contribution is -2.39. The van der Waals surface area contributed by atoms with Crippen LogP contribution in [0.2, 0.25) is 0 Å². The van der Waals surface area contributed by atoms with Gasteiger partial charge >= 0.3 is 0 Å². The Morgan fingerprint density at radius 1 is 1.29 bits per heavy atom. The van der Waals surface area contributed by atoms with Crippen molar-refractivity contribution in [2.75, 3.05) is 26.2 Å². The number of rotatable bonds is 6. The highest BCUT2D eigenvalue weighted by molar-refractivity contribution is 5.37. The first-order valence-corrected chi connectivity index (χ1v) is 8.52. The molecule has 2 atom stereocenters. The molecule has 0 saturated carbocycles. The fourth-order valence-corrected chi connectivity index (χ4v) is 3.53. The van der Waals surface area contributed by atoms with E-state index in [1.807, 2.05) is 0 Å². The minimum Gasteiger partial charge on any atom is -0.488 e. The molecule has 3 nitrogen and oxygen atoms in total. The Hall–Kier alpha value is -1.06. The average molecular weight is 288 g/mol. The van der Waals surface area contributed by atoms with Crippen molar-refractivity contribution in [1.82, 2.24) is 10.2 Å². The van der Waals surface area contributed by atoms with Gasteiger partial charge in [0.2, 0.25) is 0 Å². The van der Waals surface area contributed by atoms with Gasteiger partial charge in [0.05, 0.1) is 0 Å². The first-order valence-electron chi connectivity index (χ1n) is 8.52. The minimum atomic E-state index is 0.316. The van der Waals surface area contributed by atoms with Crippen molar-refractivity contribution in [2.24, 2.45) is 0 Å². The Balaban J connectivity index is 1.29. The molecule has 3 heteroatoms. The van der Waals surface area contributed by atoms with E-state index in [0.717, 1.165) is 31.3 Å². The first-order chi connectivity index (χ1) is 10.3. The predicted octanol–water partition coefficient (Wildman–Crippen LogP) is 2.84. The predicted molar refractivity (Wildman–Crippen MR) is 86.9 cm³/mol. The van der Waals surface area contributed by atoms with Crippen LogP contribution in [0.1, 0.15) is 38.2 Å². The molecule has 1 fully saturated rings. The molecule has 1 N–H and O–H groups in total. The van der Waals surface area contributed by atoms with Crippen molar-refractivity contribution in [2.45, 2.75) is 51.2 Å². The molecule has 2 aliphatic rings. The second kappa shape index (κ2) is 7.28. The second-order valence-corrected chi connectivity index (χ2v) is 6.49. The molecule has 2 unspecified atom stereocenters. The van der Waals surface area contributed by atoms with Gasteiger partial charge in [0.25, 0.3) is 0 Å². The topological polar surface area (TPSA) is 24.5 Å². The number of ether oxygens (including phenoxy) is 1. The summed E-state index contributed by atoms with van der Waals surface area (Å²) < 4.78 is 5.95. The number of hydrogen-bond acceptors (Lipinski definition) is 3. The van der Waals surface area contributed by atoms with Gasteiger partial charge in [-0.3, -0.25) is 0 Å². The van der Waals surface area contributed by atoms with Gasteiger partial charge in [0, 0.05) is 19.0 Å². The Morgan fingerprint density at radius 2 is 2.19 bits per heavy atom. The van der Waals surface area contributed by atoms with Crippen molar-refractivity contribution in [3.63, 3.8) is 0 Å². The molecule has 1 aromatic carbocycles. The van der Waals surface area contributed by atoms with Crippen LogP contribution in [0.5, 0.6) is 5.75 Å². The van der Waals surface area contributed by atoms with Crippen molar-refractivity contribution in [3.05, 3.63) is 29.8 Å². The van der Waals surface area contributed by atoms with Gasteiger partial charge in [-0.15, -0.1) is 0 Å². The number of nitrogens with zero attached hydrogens (tertiary/aromatic N) is 1. The van der Waals surface area contributed by atoms with E-state index in [2.05, 4.69) is 41.4 Å². The fourth-order valence-electron chi connectivity index (χ4n) is 3.53. The number of piperidine rings is 1. The molecule has 0 aromatic heterocycles. The normalized spacial score (nSPS) is 25.6. The van der Waals surface area contributed by atoms with Crippen molar-refractivity contribution < 1.29 is 4.74 Å². The standard InChI is InChI=1S/C18H28N2O/c1-15-7-4-5-11-20(15)12-6-10-19-14-17-13-16-8-2-3-9-18(16)21-17/h2-3,8-9,15,17,19H,4-7,10-14H2,1H3. The molecule has 3 rings (SSSR count). The highest BCUT2D eigenvalue weighted by atomic mass is 16.5. The third kappa shape index (κ3) is 3.98. The van der Waals surface area contributed by atoms with Gasteiger partial charge in [0.15, 0.2) is 0 Å². The molecular formula is C18H28N2O. The summed E-state index contributed by atoms with van der Waals surface area (Å²) in [5.41, 5.74) is 1.35. The van der Waals surface area contributed by atoms with Gasteiger partial charge in [-0.25, -0.2) is 0 Å². The number of para-hydroxylation sites is 1. The molecule has 0 amide bonds. The molecule has 0 radical (unpaired) electrons. The molecule has 0 aliphatic carbocycles. The molecule has 21 heavy (non-hydrogen) atoms. The van der Waals surface area contributed by atoms with E-state index in [4.69, 9.17) is 4.74 Å². The van der Waals surface area contributed by atoms with Crippen LogP contribution in [0, 0.1) is 0 Å². The van der Waals surface area contributed by atoms with Crippen molar-refractivity contribution >= 4 is 0 Å². The third-order valence-electron chi connectivity index (χ3n) is 4.83. The van der Waals surface area contributed by atoms with Crippen LogP contribution < -0.4 is 10.1 Å². The van der Waals surface area contributed by atoms with E-state index < -0.39 is 0 Å². The minimum absolute atomic E-state index is 0.316. The largest absolute Gasteiger partial charge is 0.488 e. The lowest BCUT2D eigenvalue weighted by molar-refractivity contribution is 0.158. The maximum Gasteiger partial charge on any atom is 0.123 e. The quantitative estimate of drug-likeness (QED) is 0.815. The van der Waals surface area contributed by atoms with Gasteiger partial charge in [-0.2, -0.15) is 0 Å². The number of benzene rings is 1. The van der Waals surface area contributed by atoms with E-state index in [-0.39, 0.29) is 0 Å². The van der Waals surface area contributed by atoms with Gasteiger partial charge in [-0.1, -0.05) is 24.6 Å². The summed E-state index contributed by atoms with van der Waals surface area (Å²) in [5, 5.41) is 3.56. The maximum absolute atomic E-state index is 5.95. The van der Waals surface area contributed by atoms with Crippen LogP contribution in [0.25, 0.3) is 0 Å². The number of likely N-dealkylation sites (tertiary alicyclic amines) is 1.